The maximum absolute atomic E-state index is 5.40. The number of piperidine rings is 1. The molecule has 6 heteroatoms. The van der Waals surface area contributed by atoms with Crippen LogP contribution in [0.3, 0.4) is 0 Å². The van der Waals surface area contributed by atoms with Gasteiger partial charge in [0.05, 0.1) is 12.5 Å². The minimum Gasteiger partial charge on any atom is -0.496 e. The first-order valence-corrected chi connectivity index (χ1v) is 8.76. The largest absolute Gasteiger partial charge is 0.496 e. The number of H-pyrrole nitrogens is 1. The lowest BCUT2D eigenvalue weighted by atomic mass is 9.95. The number of hydrogen-bond donors (Lipinski definition) is 3. The van der Waals surface area contributed by atoms with Crippen molar-refractivity contribution < 1.29 is 4.74 Å². The van der Waals surface area contributed by atoms with Crippen LogP contribution in [0.2, 0.25) is 0 Å². The Labute approximate surface area is 147 Å². The van der Waals surface area contributed by atoms with Gasteiger partial charge in [0.25, 0.3) is 0 Å². The standard InChI is InChI=1S/C19H23N5O/c1-25-17-7-3-2-5-14(17)12-21-18-15-8-9-16(22-19(15)24-23-18)13-6-4-10-20-11-13/h2-3,5,7-9,13,20H,4,6,10-12H2,1H3,(H2,21,22,23,24)/t13-/m1/s1. The van der Waals surface area contributed by atoms with Crippen LogP contribution in [-0.4, -0.2) is 35.4 Å². The molecule has 25 heavy (non-hydrogen) atoms. The zero-order chi connectivity index (χ0) is 17.1. The summed E-state index contributed by atoms with van der Waals surface area (Å²) in [7, 11) is 1.69. The molecule has 0 unspecified atom stereocenters. The van der Waals surface area contributed by atoms with Crippen LogP contribution >= 0.6 is 0 Å². The van der Waals surface area contributed by atoms with E-state index < -0.39 is 0 Å². The second-order valence-electron chi connectivity index (χ2n) is 6.41. The number of rotatable bonds is 5. The number of hydrogen-bond acceptors (Lipinski definition) is 5. The molecule has 0 saturated carbocycles. The molecule has 3 aromatic rings. The number of ether oxygens (including phenoxy) is 1. The minimum atomic E-state index is 0.492. The lowest BCUT2D eigenvalue weighted by Crippen LogP contribution is -2.28. The van der Waals surface area contributed by atoms with Crippen LogP contribution in [0.15, 0.2) is 36.4 Å². The fraction of sp³-hybridized carbons (Fsp3) is 0.368. The summed E-state index contributed by atoms with van der Waals surface area (Å²) in [5.41, 5.74) is 3.07. The molecule has 1 atom stereocenters. The predicted octanol–water partition coefficient (Wildman–Crippen LogP) is 3.05. The molecule has 0 bridgehead atoms. The summed E-state index contributed by atoms with van der Waals surface area (Å²) in [6.07, 6.45) is 2.40. The highest BCUT2D eigenvalue weighted by Crippen LogP contribution is 2.26. The highest BCUT2D eigenvalue weighted by atomic mass is 16.5. The highest BCUT2D eigenvalue weighted by Gasteiger charge is 2.18. The van der Waals surface area contributed by atoms with Gasteiger partial charge in [0.2, 0.25) is 0 Å². The van der Waals surface area contributed by atoms with E-state index in [1.54, 1.807) is 7.11 Å². The van der Waals surface area contributed by atoms with E-state index in [4.69, 9.17) is 9.72 Å². The van der Waals surface area contributed by atoms with Crippen molar-refractivity contribution in [1.29, 1.82) is 0 Å². The molecule has 1 aliphatic rings. The van der Waals surface area contributed by atoms with Crippen molar-refractivity contribution in [3.8, 4) is 5.75 Å². The van der Waals surface area contributed by atoms with Gasteiger partial charge in [0.15, 0.2) is 11.5 Å². The third-order valence-electron chi connectivity index (χ3n) is 4.80. The topological polar surface area (TPSA) is 74.9 Å². The normalized spacial score (nSPS) is 17.6. The Hall–Kier alpha value is -2.60. The predicted molar refractivity (Wildman–Crippen MR) is 99.1 cm³/mol. The van der Waals surface area contributed by atoms with E-state index in [1.807, 2.05) is 24.3 Å². The van der Waals surface area contributed by atoms with E-state index in [0.29, 0.717) is 12.5 Å². The molecule has 2 aromatic heterocycles. The van der Waals surface area contributed by atoms with E-state index >= 15 is 0 Å². The quantitative estimate of drug-likeness (QED) is 0.667. The van der Waals surface area contributed by atoms with Crippen molar-refractivity contribution >= 4 is 16.9 Å². The van der Waals surface area contributed by atoms with Gasteiger partial charge in [-0.25, -0.2) is 4.98 Å². The second-order valence-corrected chi connectivity index (χ2v) is 6.41. The van der Waals surface area contributed by atoms with Crippen LogP contribution < -0.4 is 15.4 Å². The van der Waals surface area contributed by atoms with Crippen molar-refractivity contribution in [2.24, 2.45) is 0 Å². The summed E-state index contributed by atoms with van der Waals surface area (Å²) < 4.78 is 5.40. The fourth-order valence-electron chi connectivity index (χ4n) is 3.41. The minimum absolute atomic E-state index is 0.492. The summed E-state index contributed by atoms with van der Waals surface area (Å²) in [6.45, 7) is 2.77. The van der Waals surface area contributed by atoms with Crippen molar-refractivity contribution in [2.45, 2.75) is 25.3 Å². The summed E-state index contributed by atoms with van der Waals surface area (Å²) in [5.74, 6) is 2.19. The van der Waals surface area contributed by atoms with Crippen LogP contribution in [0.1, 0.15) is 30.0 Å². The van der Waals surface area contributed by atoms with Gasteiger partial charge in [-0.05, 0) is 37.6 Å². The lowest BCUT2D eigenvalue weighted by Gasteiger charge is -2.22. The summed E-state index contributed by atoms with van der Waals surface area (Å²) in [6, 6.07) is 12.2. The first-order valence-electron chi connectivity index (χ1n) is 8.76. The van der Waals surface area contributed by atoms with Crippen LogP contribution in [0.5, 0.6) is 5.75 Å². The Morgan fingerprint density at radius 2 is 2.16 bits per heavy atom. The molecule has 1 saturated heterocycles. The Bertz CT molecular complexity index is 854. The first kappa shape index (κ1) is 15.9. The van der Waals surface area contributed by atoms with E-state index in [-0.39, 0.29) is 0 Å². The first-order chi connectivity index (χ1) is 12.3. The zero-order valence-corrected chi connectivity index (χ0v) is 14.4. The number of aromatic nitrogens is 3. The molecule has 0 spiro atoms. The number of anilines is 1. The molecule has 6 nitrogen and oxygen atoms in total. The molecule has 0 amide bonds. The Balaban J connectivity index is 1.52. The maximum atomic E-state index is 5.40. The van der Waals surface area contributed by atoms with Crippen molar-refractivity contribution in [2.75, 3.05) is 25.5 Å². The molecule has 130 valence electrons. The van der Waals surface area contributed by atoms with Crippen LogP contribution in [0.25, 0.3) is 11.0 Å². The second kappa shape index (κ2) is 7.11. The van der Waals surface area contributed by atoms with Gasteiger partial charge >= 0.3 is 0 Å². The number of aromatic amines is 1. The SMILES string of the molecule is COc1ccccc1CNc1n[nH]c2nc([C@@H]3CCCNC3)ccc12. The summed E-state index contributed by atoms with van der Waals surface area (Å²) >= 11 is 0. The van der Waals surface area contributed by atoms with Gasteiger partial charge in [-0.1, -0.05) is 18.2 Å². The fourth-order valence-corrected chi connectivity index (χ4v) is 3.41. The van der Waals surface area contributed by atoms with Crippen molar-refractivity contribution in [3.05, 3.63) is 47.7 Å². The molecule has 4 rings (SSSR count). The lowest BCUT2D eigenvalue weighted by molar-refractivity contribution is 0.410. The Morgan fingerprint density at radius 3 is 3.00 bits per heavy atom. The van der Waals surface area contributed by atoms with Gasteiger partial charge < -0.3 is 15.4 Å². The molecule has 0 aliphatic carbocycles. The van der Waals surface area contributed by atoms with Crippen LogP contribution in [0, 0.1) is 0 Å². The summed E-state index contributed by atoms with van der Waals surface area (Å²) in [4.78, 5) is 4.79. The van der Waals surface area contributed by atoms with Gasteiger partial charge in [0.1, 0.15) is 5.75 Å². The number of pyridine rings is 1. The maximum Gasteiger partial charge on any atom is 0.157 e. The zero-order valence-electron chi connectivity index (χ0n) is 14.4. The third kappa shape index (κ3) is 3.30. The van der Waals surface area contributed by atoms with Crippen molar-refractivity contribution in [3.63, 3.8) is 0 Å². The Kier molecular flexibility index (Phi) is 4.52. The van der Waals surface area contributed by atoms with E-state index in [2.05, 4.69) is 33.0 Å². The number of fused-ring (bicyclic) bond motifs is 1. The Morgan fingerprint density at radius 1 is 1.24 bits per heavy atom. The number of nitrogens with zero attached hydrogens (tertiary/aromatic N) is 2. The molecule has 0 radical (unpaired) electrons. The van der Waals surface area contributed by atoms with E-state index in [1.165, 1.54) is 12.8 Å². The molecule has 1 aliphatic heterocycles. The number of nitrogens with one attached hydrogen (secondary N) is 3. The molecular formula is C19H23N5O. The average Bonchev–Trinajstić information content (AvgIpc) is 3.09. The number of benzene rings is 1. The number of methoxy groups -OCH3 is 1. The van der Waals surface area contributed by atoms with Gasteiger partial charge in [-0.2, -0.15) is 5.10 Å². The molecule has 3 heterocycles. The average molecular weight is 337 g/mol. The highest BCUT2D eigenvalue weighted by molar-refractivity contribution is 5.87. The summed E-state index contributed by atoms with van der Waals surface area (Å²) in [5, 5.41) is 15.3. The van der Waals surface area contributed by atoms with Gasteiger partial charge in [-0.15, -0.1) is 0 Å². The van der Waals surface area contributed by atoms with Gasteiger partial charge in [-0.3, -0.25) is 5.10 Å². The van der Waals surface area contributed by atoms with Gasteiger partial charge in [0, 0.05) is 30.3 Å². The van der Waals surface area contributed by atoms with E-state index in [9.17, 15) is 0 Å². The number of para-hydroxylation sites is 1. The van der Waals surface area contributed by atoms with E-state index in [0.717, 1.165) is 46.9 Å². The molecular weight excluding hydrogens is 314 g/mol. The van der Waals surface area contributed by atoms with Crippen LogP contribution in [0.4, 0.5) is 5.82 Å². The molecule has 3 N–H and O–H groups in total. The van der Waals surface area contributed by atoms with Crippen LogP contribution in [-0.2, 0) is 6.54 Å². The smallest absolute Gasteiger partial charge is 0.157 e. The van der Waals surface area contributed by atoms with Crippen molar-refractivity contribution in [1.82, 2.24) is 20.5 Å². The molecule has 1 aromatic carbocycles. The monoisotopic (exact) mass is 337 g/mol. The third-order valence-corrected chi connectivity index (χ3v) is 4.80. The molecule has 1 fully saturated rings.